The summed E-state index contributed by atoms with van der Waals surface area (Å²) in [5.74, 6) is 0.810. The average Bonchev–Trinajstić information content (AvgIpc) is 2.66. The highest BCUT2D eigenvalue weighted by Gasteiger charge is 2.29. The molecular formula is C13H26N2O. The van der Waals surface area contributed by atoms with Crippen molar-refractivity contribution in [2.24, 2.45) is 5.92 Å². The van der Waals surface area contributed by atoms with Gasteiger partial charge < -0.3 is 15.3 Å². The van der Waals surface area contributed by atoms with Crippen LogP contribution in [0, 0.1) is 5.92 Å². The van der Waals surface area contributed by atoms with Crippen molar-refractivity contribution in [3.8, 4) is 0 Å². The molecule has 1 heterocycles. The highest BCUT2D eigenvalue weighted by Crippen LogP contribution is 2.27. The molecule has 3 atom stereocenters. The smallest absolute Gasteiger partial charge is 0.0667 e. The van der Waals surface area contributed by atoms with Crippen LogP contribution < -0.4 is 5.32 Å². The SMILES string of the molecule is CCNC1CCCC1CN1CCCC(O)C1. The third kappa shape index (κ3) is 3.19. The Balaban J connectivity index is 1.79. The van der Waals surface area contributed by atoms with E-state index in [0.29, 0.717) is 0 Å². The molecule has 3 heteroatoms. The molecule has 0 radical (unpaired) electrons. The van der Waals surface area contributed by atoms with E-state index in [1.807, 2.05) is 0 Å². The molecule has 3 nitrogen and oxygen atoms in total. The molecule has 2 rings (SSSR count). The van der Waals surface area contributed by atoms with E-state index >= 15 is 0 Å². The molecule has 1 saturated heterocycles. The van der Waals surface area contributed by atoms with Gasteiger partial charge in [0.05, 0.1) is 6.10 Å². The van der Waals surface area contributed by atoms with E-state index in [-0.39, 0.29) is 6.10 Å². The summed E-state index contributed by atoms with van der Waals surface area (Å²) in [6, 6.07) is 0.726. The van der Waals surface area contributed by atoms with Gasteiger partial charge in [-0.15, -0.1) is 0 Å². The molecule has 0 aromatic carbocycles. The third-order valence-corrected chi connectivity index (χ3v) is 4.10. The van der Waals surface area contributed by atoms with Crippen molar-refractivity contribution in [1.29, 1.82) is 0 Å². The first-order valence-electron chi connectivity index (χ1n) is 6.93. The Morgan fingerprint density at radius 3 is 2.88 bits per heavy atom. The zero-order valence-corrected chi connectivity index (χ0v) is 10.5. The van der Waals surface area contributed by atoms with Crippen LogP contribution in [0.5, 0.6) is 0 Å². The third-order valence-electron chi connectivity index (χ3n) is 4.10. The molecule has 0 spiro atoms. The fourth-order valence-corrected chi connectivity index (χ4v) is 3.31. The first kappa shape index (κ1) is 12.3. The lowest BCUT2D eigenvalue weighted by Crippen LogP contribution is -2.44. The molecule has 3 unspecified atom stereocenters. The largest absolute Gasteiger partial charge is 0.392 e. The van der Waals surface area contributed by atoms with Crippen LogP contribution in [0.3, 0.4) is 0 Å². The monoisotopic (exact) mass is 226 g/mol. The number of aliphatic hydroxyl groups is 1. The van der Waals surface area contributed by atoms with Gasteiger partial charge >= 0.3 is 0 Å². The summed E-state index contributed by atoms with van der Waals surface area (Å²) in [7, 11) is 0. The minimum atomic E-state index is -0.0762. The first-order chi connectivity index (χ1) is 7.79. The van der Waals surface area contributed by atoms with Crippen molar-refractivity contribution in [1.82, 2.24) is 10.2 Å². The molecule has 1 aliphatic heterocycles. The molecule has 16 heavy (non-hydrogen) atoms. The number of aliphatic hydroxyl groups excluding tert-OH is 1. The Morgan fingerprint density at radius 1 is 1.25 bits per heavy atom. The van der Waals surface area contributed by atoms with Gasteiger partial charge in [-0.2, -0.15) is 0 Å². The fourth-order valence-electron chi connectivity index (χ4n) is 3.31. The molecule has 2 N–H and O–H groups in total. The van der Waals surface area contributed by atoms with Crippen molar-refractivity contribution in [2.45, 2.75) is 51.2 Å². The second-order valence-corrected chi connectivity index (χ2v) is 5.41. The number of hydrogen-bond acceptors (Lipinski definition) is 3. The van der Waals surface area contributed by atoms with Gasteiger partial charge in [-0.1, -0.05) is 13.3 Å². The Morgan fingerprint density at radius 2 is 2.12 bits per heavy atom. The summed E-state index contributed by atoms with van der Waals surface area (Å²) in [6.45, 7) is 6.56. The average molecular weight is 226 g/mol. The Bertz CT molecular complexity index is 210. The predicted molar refractivity (Wildman–Crippen MR) is 66.5 cm³/mol. The second-order valence-electron chi connectivity index (χ2n) is 5.41. The molecule has 1 aliphatic carbocycles. The lowest BCUT2D eigenvalue weighted by atomic mass is 10.0. The maximum atomic E-state index is 9.67. The number of likely N-dealkylation sites (tertiary alicyclic amines) is 1. The van der Waals surface area contributed by atoms with E-state index in [0.717, 1.165) is 31.5 Å². The van der Waals surface area contributed by atoms with E-state index < -0.39 is 0 Å². The van der Waals surface area contributed by atoms with E-state index in [9.17, 15) is 5.11 Å². The lowest BCUT2D eigenvalue weighted by Gasteiger charge is -2.33. The van der Waals surface area contributed by atoms with Crippen LogP contribution in [0.15, 0.2) is 0 Å². The van der Waals surface area contributed by atoms with E-state index in [1.54, 1.807) is 0 Å². The molecule has 1 saturated carbocycles. The van der Waals surface area contributed by atoms with Crippen LogP contribution in [-0.4, -0.2) is 48.3 Å². The van der Waals surface area contributed by atoms with E-state index in [4.69, 9.17) is 0 Å². The van der Waals surface area contributed by atoms with Crippen LogP contribution in [0.4, 0.5) is 0 Å². The maximum absolute atomic E-state index is 9.67. The van der Waals surface area contributed by atoms with Crippen molar-refractivity contribution in [3.05, 3.63) is 0 Å². The second kappa shape index (κ2) is 5.99. The number of β-amino-alcohol motifs (C(OH)–C–C–N with tert-alkyl or cyclic N) is 1. The Hall–Kier alpha value is -0.120. The van der Waals surface area contributed by atoms with Crippen molar-refractivity contribution in [3.63, 3.8) is 0 Å². The minimum absolute atomic E-state index is 0.0762. The topological polar surface area (TPSA) is 35.5 Å². The molecule has 94 valence electrons. The van der Waals surface area contributed by atoms with Gasteiger partial charge in [-0.25, -0.2) is 0 Å². The van der Waals surface area contributed by atoms with Gasteiger partial charge in [-0.3, -0.25) is 0 Å². The number of piperidine rings is 1. The number of hydrogen-bond donors (Lipinski definition) is 2. The summed E-state index contributed by atoms with van der Waals surface area (Å²) in [4.78, 5) is 2.47. The van der Waals surface area contributed by atoms with Crippen molar-refractivity contribution >= 4 is 0 Å². The Labute approximate surface area is 99.2 Å². The standard InChI is InChI=1S/C13H26N2O/c1-2-14-13-7-3-5-11(13)9-15-8-4-6-12(16)10-15/h11-14,16H,2-10H2,1H3. The Kier molecular flexibility index (Phi) is 4.62. The lowest BCUT2D eigenvalue weighted by molar-refractivity contribution is 0.0601. The molecule has 0 aromatic rings. The number of rotatable bonds is 4. The minimum Gasteiger partial charge on any atom is -0.392 e. The number of nitrogens with zero attached hydrogens (tertiary/aromatic N) is 1. The van der Waals surface area contributed by atoms with Gasteiger partial charge in [0.1, 0.15) is 0 Å². The molecule has 0 amide bonds. The zero-order valence-electron chi connectivity index (χ0n) is 10.5. The van der Waals surface area contributed by atoms with Gasteiger partial charge in [0.2, 0.25) is 0 Å². The van der Waals surface area contributed by atoms with E-state index in [1.165, 1.54) is 38.8 Å². The highest BCUT2D eigenvalue weighted by molar-refractivity contribution is 4.86. The van der Waals surface area contributed by atoms with Gasteiger partial charge in [0, 0.05) is 19.1 Å². The van der Waals surface area contributed by atoms with Crippen LogP contribution in [-0.2, 0) is 0 Å². The quantitative estimate of drug-likeness (QED) is 0.756. The summed E-state index contributed by atoms with van der Waals surface area (Å²) in [5.41, 5.74) is 0. The highest BCUT2D eigenvalue weighted by atomic mass is 16.3. The number of nitrogens with one attached hydrogen (secondary N) is 1. The molecule has 2 fully saturated rings. The summed E-state index contributed by atoms with van der Waals surface area (Å²) in [5, 5.41) is 13.3. The summed E-state index contributed by atoms with van der Waals surface area (Å²) in [6.07, 6.45) is 6.17. The van der Waals surface area contributed by atoms with Crippen molar-refractivity contribution < 1.29 is 5.11 Å². The van der Waals surface area contributed by atoms with Crippen LogP contribution in [0.1, 0.15) is 39.0 Å². The molecule has 2 aliphatic rings. The zero-order chi connectivity index (χ0) is 11.4. The molecule has 0 aromatic heterocycles. The van der Waals surface area contributed by atoms with Crippen LogP contribution >= 0.6 is 0 Å². The van der Waals surface area contributed by atoms with Gasteiger partial charge in [0.25, 0.3) is 0 Å². The first-order valence-corrected chi connectivity index (χ1v) is 6.93. The van der Waals surface area contributed by atoms with E-state index in [2.05, 4.69) is 17.1 Å². The fraction of sp³-hybridized carbons (Fsp3) is 1.00. The summed E-state index contributed by atoms with van der Waals surface area (Å²) < 4.78 is 0. The molecular weight excluding hydrogens is 200 g/mol. The van der Waals surface area contributed by atoms with Crippen molar-refractivity contribution in [2.75, 3.05) is 26.2 Å². The van der Waals surface area contributed by atoms with Gasteiger partial charge in [-0.05, 0) is 44.7 Å². The maximum Gasteiger partial charge on any atom is 0.0667 e. The van der Waals surface area contributed by atoms with Crippen LogP contribution in [0.2, 0.25) is 0 Å². The summed E-state index contributed by atoms with van der Waals surface area (Å²) >= 11 is 0. The van der Waals surface area contributed by atoms with Crippen LogP contribution in [0.25, 0.3) is 0 Å². The van der Waals surface area contributed by atoms with Gasteiger partial charge in [0.15, 0.2) is 0 Å². The molecule has 0 bridgehead atoms. The normalized spacial score (nSPS) is 36.8. The predicted octanol–water partition coefficient (Wildman–Crippen LogP) is 1.22.